The summed E-state index contributed by atoms with van der Waals surface area (Å²) in [6.07, 6.45) is 3.46. The minimum atomic E-state index is 0.656. The summed E-state index contributed by atoms with van der Waals surface area (Å²) in [5.74, 6) is 1.73. The van der Waals surface area contributed by atoms with Crippen molar-refractivity contribution in [2.75, 3.05) is 13.7 Å². The molecule has 0 amide bonds. The average Bonchev–Trinajstić information content (AvgIpc) is 2.84. The van der Waals surface area contributed by atoms with E-state index >= 15 is 0 Å². The van der Waals surface area contributed by atoms with Crippen LogP contribution in [-0.4, -0.2) is 18.8 Å². The lowest BCUT2D eigenvalue weighted by Crippen LogP contribution is -2.00. The largest absolute Gasteiger partial charge is 0.497 e. The molecule has 2 N–H and O–H groups in total. The molecular weight excluding hydrogens is 216 g/mol. The zero-order valence-corrected chi connectivity index (χ0v) is 9.85. The molecule has 4 heteroatoms. The van der Waals surface area contributed by atoms with E-state index in [0.717, 1.165) is 35.5 Å². The van der Waals surface area contributed by atoms with Crippen LogP contribution in [0.3, 0.4) is 0 Å². The van der Waals surface area contributed by atoms with Gasteiger partial charge in [-0.2, -0.15) is 0 Å². The summed E-state index contributed by atoms with van der Waals surface area (Å²) in [5.41, 5.74) is 7.60. The van der Waals surface area contributed by atoms with Crippen molar-refractivity contribution in [1.82, 2.24) is 5.16 Å². The van der Waals surface area contributed by atoms with Gasteiger partial charge < -0.3 is 15.0 Å². The number of methoxy groups -OCH3 is 1. The second-order valence-corrected chi connectivity index (χ2v) is 3.78. The third-order valence-corrected chi connectivity index (χ3v) is 2.65. The highest BCUT2D eigenvalue weighted by Gasteiger charge is 2.09. The van der Waals surface area contributed by atoms with Crippen molar-refractivity contribution in [2.24, 2.45) is 5.73 Å². The maximum Gasteiger partial charge on any atom is 0.144 e. The predicted octanol–water partition coefficient (Wildman–Crippen LogP) is 2.24. The van der Waals surface area contributed by atoms with Crippen molar-refractivity contribution in [2.45, 2.75) is 12.8 Å². The Hall–Kier alpha value is -1.81. The number of aromatic nitrogens is 1. The topological polar surface area (TPSA) is 61.3 Å². The first kappa shape index (κ1) is 11.7. The van der Waals surface area contributed by atoms with Crippen molar-refractivity contribution in [3.8, 4) is 16.9 Å². The third kappa shape index (κ3) is 2.65. The van der Waals surface area contributed by atoms with Crippen LogP contribution < -0.4 is 10.5 Å². The molecule has 0 bridgehead atoms. The van der Waals surface area contributed by atoms with Gasteiger partial charge in [-0.3, -0.25) is 0 Å². The fraction of sp³-hybridized carbons (Fsp3) is 0.308. The van der Waals surface area contributed by atoms with Crippen LogP contribution >= 0.6 is 0 Å². The van der Waals surface area contributed by atoms with Crippen LogP contribution in [0.1, 0.15) is 12.2 Å². The van der Waals surface area contributed by atoms with Gasteiger partial charge in [-0.05, 0) is 30.7 Å². The minimum absolute atomic E-state index is 0.656. The van der Waals surface area contributed by atoms with Gasteiger partial charge in [0.25, 0.3) is 0 Å². The molecular formula is C13H16N2O2. The van der Waals surface area contributed by atoms with E-state index in [0.29, 0.717) is 6.54 Å². The quantitative estimate of drug-likeness (QED) is 0.858. The van der Waals surface area contributed by atoms with Gasteiger partial charge in [0.15, 0.2) is 0 Å². The van der Waals surface area contributed by atoms with Gasteiger partial charge in [0, 0.05) is 12.0 Å². The van der Waals surface area contributed by atoms with Gasteiger partial charge in [0.2, 0.25) is 0 Å². The molecule has 0 spiro atoms. The molecule has 2 aromatic rings. The summed E-state index contributed by atoms with van der Waals surface area (Å²) < 4.78 is 10.4. The third-order valence-electron chi connectivity index (χ3n) is 2.65. The van der Waals surface area contributed by atoms with Crippen molar-refractivity contribution in [3.05, 3.63) is 36.2 Å². The molecule has 0 aliphatic heterocycles. The Balaban J connectivity index is 2.23. The van der Waals surface area contributed by atoms with Gasteiger partial charge in [0.1, 0.15) is 11.5 Å². The first-order valence-electron chi connectivity index (χ1n) is 5.63. The number of ether oxygens (including phenoxy) is 1. The van der Waals surface area contributed by atoms with E-state index < -0.39 is 0 Å². The van der Waals surface area contributed by atoms with Crippen LogP contribution in [0.5, 0.6) is 5.75 Å². The minimum Gasteiger partial charge on any atom is -0.497 e. The molecule has 0 aliphatic rings. The standard InChI is InChI=1S/C13H16N2O2/c1-16-11-6-4-10(5-7-11)12-9-15-17-13(12)3-2-8-14/h4-7,9H,2-3,8,14H2,1H3. The van der Waals surface area contributed by atoms with Gasteiger partial charge in [-0.15, -0.1) is 0 Å². The Labute approximate surface area is 100 Å². The van der Waals surface area contributed by atoms with E-state index in [4.69, 9.17) is 15.0 Å². The normalized spacial score (nSPS) is 10.5. The van der Waals surface area contributed by atoms with Crippen LogP contribution in [0.25, 0.3) is 11.1 Å². The number of aryl methyl sites for hydroxylation is 1. The number of nitrogens with two attached hydrogens (primary N) is 1. The maximum absolute atomic E-state index is 5.49. The van der Waals surface area contributed by atoms with Crippen LogP contribution in [0.4, 0.5) is 0 Å². The molecule has 1 heterocycles. The molecule has 0 unspecified atom stereocenters. The number of rotatable bonds is 5. The van der Waals surface area contributed by atoms with Crippen molar-refractivity contribution >= 4 is 0 Å². The lowest BCUT2D eigenvalue weighted by Gasteiger charge is -2.03. The molecule has 0 aliphatic carbocycles. The van der Waals surface area contributed by atoms with Gasteiger partial charge in [0.05, 0.1) is 13.3 Å². The first-order chi connectivity index (χ1) is 8.35. The Morgan fingerprint density at radius 3 is 2.71 bits per heavy atom. The molecule has 90 valence electrons. The Bertz CT molecular complexity index is 463. The lowest BCUT2D eigenvalue weighted by molar-refractivity contribution is 0.382. The summed E-state index contributed by atoms with van der Waals surface area (Å²) in [5, 5.41) is 3.85. The SMILES string of the molecule is COc1ccc(-c2cnoc2CCCN)cc1. The van der Waals surface area contributed by atoms with E-state index in [1.165, 1.54) is 0 Å². The van der Waals surface area contributed by atoms with Crippen LogP contribution in [-0.2, 0) is 6.42 Å². The molecule has 0 radical (unpaired) electrons. The van der Waals surface area contributed by atoms with Crippen molar-refractivity contribution in [1.29, 1.82) is 0 Å². The van der Waals surface area contributed by atoms with Crippen LogP contribution in [0, 0.1) is 0 Å². The molecule has 0 fully saturated rings. The fourth-order valence-corrected chi connectivity index (χ4v) is 1.71. The number of benzene rings is 1. The van der Waals surface area contributed by atoms with Gasteiger partial charge >= 0.3 is 0 Å². The highest BCUT2D eigenvalue weighted by Crippen LogP contribution is 2.26. The summed E-state index contributed by atoms with van der Waals surface area (Å²) in [6, 6.07) is 7.85. The molecule has 2 rings (SSSR count). The fourth-order valence-electron chi connectivity index (χ4n) is 1.71. The molecule has 0 atom stereocenters. The number of hydrogen-bond acceptors (Lipinski definition) is 4. The second kappa shape index (κ2) is 5.50. The van der Waals surface area contributed by atoms with Crippen LogP contribution in [0.15, 0.2) is 35.0 Å². The Morgan fingerprint density at radius 1 is 1.29 bits per heavy atom. The predicted molar refractivity (Wildman–Crippen MR) is 65.9 cm³/mol. The summed E-state index contributed by atoms with van der Waals surface area (Å²) in [6.45, 7) is 0.656. The maximum atomic E-state index is 5.49. The van der Waals surface area contributed by atoms with E-state index in [2.05, 4.69) is 5.16 Å². The lowest BCUT2D eigenvalue weighted by atomic mass is 10.0. The monoisotopic (exact) mass is 232 g/mol. The summed E-state index contributed by atoms with van der Waals surface area (Å²) in [7, 11) is 1.65. The zero-order chi connectivity index (χ0) is 12.1. The molecule has 1 aromatic carbocycles. The summed E-state index contributed by atoms with van der Waals surface area (Å²) in [4.78, 5) is 0. The summed E-state index contributed by atoms with van der Waals surface area (Å²) >= 11 is 0. The van der Waals surface area contributed by atoms with Gasteiger partial charge in [-0.1, -0.05) is 17.3 Å². The van der Waals surface area contributed by atoms with Gasteiger partial charge in [-0.25, -0.2) is 0 Å². The van der Waals surface area contributed by atoms with E-state index in [1.54, 1.807) is 13.3 Å². The van der Waals surface area contributed by atoms with Crippen molar-refractivity contribution < 1.29 is 9.26 Å². The average molecular weight is 232 g/mol. The van der Waals surface area contributed by atoms with Crippen LogP contribution in [0.2, 0.25) is 0 Å². The highest BCUT2D eigenvalue weighted by atomic mass is 16.5. The molecule has 0 saturated heterocycles. The Morgan fingerprint density at radius 2 is 2.06 bits per heavy atom. The second-order valence-electron chi connectivity index (χ2n) is 3.78. The van der Waals surface area contributed by atoms with E-state index in [-0.39, 0.29) is 0 Å². The molecule has 0 saturated carbocycles. The smallest absolute Gasteiger partial charge is 0.144 e. The number of nitrogens with zero attached hydrogens (tertiary/aromatic N) is 1. The highest BCUT2D eigenvalue weighted by molar-refractivity contribution is 5.65. The molecule has 1 aromatic heterocycles. The zero-order valence-electron chi connectivity index (χ0n) is 9.85. The van der Waals surface area contributed by atoms with E-state index in [9.17, 15) is 0 Å². The molecule has 4 nitrogen and oxygen atoms in total. The van der Waals surface area contributed by atoms with Crippen molar-refractivity contribution in [3.63, 3.8) is 0 Å². The molecule has 17 heavy (non-hydrogen) atoms. The number of hydrogen-bond donors (Lipinski definition) is 1. The Kier molecular flexibility index (Phi) is 3.77. The van der Waals surface area contributed by atoms with E-state index in [1.807, 2.05) is 24.3 Å². The first-order valence-corrected chi connectivity index (χ1v) is 5.63.